The van der Waals surface area contributed by atoms with Crippen LogP contribution in [0.15, 0.2) is 0 Å². The van der Waals surface area contributed by atoms with Crippen LogP contribution in [0.4, 0.5) is 0 Å². The van der Waals surface area contributed by atoms with Crippen molar-refractivity contribution in [2.75, 3.05) is 0 Å². The van der Waals surface area contributed by atoms with Crippen molar-refractivity contribution in [2.45, 2.75) is 52.0 Å². The zero-order chi connectivity index (χ0) is 8.97. The van der Waals surface area contributed by atoms with E-state index in [0.29, 0.717) is 12.0 Å². The van der Waals surface area contributed by atoms with Gasteiger partial charge in [-0.3, -0.25) is 0 Å². The van der Waals surface area contributed by atoms with E-state index in [2.05, 4.69) is 20.3 Å². The highest BCUT2D eigenvalue weighted by Crippen LogP contribution is 2.28. The molecule has 0 spiro atoms. The van der Waals surface area contributed by atoms with Gasteiger partial charge in [-0.2, -0.15) is 0 Å². The third-order valence-corrected chi connectivity index (χ3v) is 3.04. The summed E-state index contributed by atoms with van der Waals surface area (Å²) in [7, 11) is 0. The third-order valence-electron chi connectivity index (χ3n) is 3.04. The number of hydrogen-bond acceptors (Lipinski definition) is 1. The van der Waals surface area contributed by atoms with Gasteiger partial charge in [-0.1, -0.05) is 20.3 Å². The average molecular weight is 168 g/mol. The Morgan fingerprint density at radius 1 is 1.50 bits per heavy atom. The molecule has 0 amide bonds. The molecule has 0 aromatic rings. The molecule has 0 heterocycles. The van der Waals surface area contributed by atoms with E-state index in [1.54, 1.807) is 0 Å². The minimum absolute atomic E-state index is 0.422. The molecular formula is C11H22N. The molecule has 1 aliphatic rings. The molecule has 12 heavy (non-hydrogen) atoms. The highest BCUT2D eigenvalue weighted by molar-refractivity contribution is 4.81. The molecule has 0 aromatic heterocycles. The van der Waals surface area contributed by atoms with Gasteiger partial charge >= 0.3 is 0 Å². The van der Waals surface area contributed by atoms with Gasteiger partial charge in [-0.25, -0.2) is 0 Å². The summed E-state index contributed by atoms with van der Waals surface area (Å²) in [6.07, 6.45) is 9.06. The smallest absolute Gasteiger partial charge is 0.00619 e. The van der Waals surface area contributed by atoms with Crippen LogP contribution in [0.25, 0.3) is 0 Å². The fourth-order valence-corrected chi connectivity index (χ4v) is 1.85. The quantitative estimate of drug-likeness (QED) is 0.686. The van der Waals surface area contributed by atoms with Crippen LogP contribution in [-0.4, -0.2) is 6.04 Å². The van der Waals surface area contributed by atoms with Crippen LogP contribution in [0.2, 0.25) is 0 Å². The predicted octanol–water partition coefficient (Wildman–Crippen LogP) is 2.75. The highest BCUT2D eigenvalue weighted by Gasteiger charge is 2.16. The topological polar surface area (TPSA) is 26.0 Å². The van der Waals surface area contributed by atoms with E-state index in [1.807, 2.05) is 0 Å². The van der Waals surface area contributed by atoms with Gasteiger partial charge in [0.25, 0.3) is 0 Å². The normalized spacial score (nSPS) is 22.0. The molecule has 1 saturated carbocycles. The van der Waals surface area contributed by atoms with Crippen LogP contribution in [0, 0.1) is 18.3 Å². The maximum atomic E-state index is 5.98. The molecule has 0 aliphatic heterocycles. The summed E-state index contributed by atoms with van der Waals surface area (Å²) >= 11 is 0. The molecule has 2 unspecified atom stereocenters. The molecule has 0 bridgehead atoms. The van der Waals surface area contributed by atoms with Gasteiger partial charge < -0.3 is 5.73 Å². The molecule has 1 rings (SSSR count). The van der Waals surface area contributed by atoms with Crippen molar-refractivity contribution < 1.29 is 0 Å². The zero-order valence-electron chi connectivity index (χ0n) is 8.42. The van der Waals surface area contributed by atoms with Crippen molar-refractivity contribution in [1.29, 1.82) is 0 Å². The molecule has 0 aromatic carbocycles. The Kier molecular flexibility index (Phi) is 4.07. The Morgan fingerprint density at radius 3 is 2.75 bits per heavy atom. The Bertz CT molecular complexity index is 112. The second-order valence-corrected chi connectivity index (χ2v) is 4.45. The van der Waals surface area contributed by atoms with Crippen LogP contribution in [0.5, 0.6) is 0 Å². The summed E-state index contributed by atoms with van der Waals surface area (Å²) in [6.45, 7) is 4.43. The number of hydrogen-bond donors (Lipinski definition) is 1. The summed E-state index contributed by atoms with van der Waals surface area (Å²) in [5.74, 6) is 1.60. The average Bonchev–Trinajstić information content (AvgIpc) is 2.51. The van der Waals surface area contributed by atoms with E-state index in [-0.39, 0.29) is 0 Å². The van der Waals surface area contributed by atoms with Gasteiger partial charge in [0, 0.05) is 6.04 Å². The first-order valence-electron chi connectivity index (χ1n) is 5.27. The fraction of sp³-hybridized carbons (Fsp3) is 0.909. The summed E-state index contributed by atoms with van der Waals surface area (Å²) in [4.78, 5) is 0. The number of rotatable bonds is 4. The molecule has 1 aliphatic carbocycles. The van der Waals surface area contributed by atoms with E-state index < -0.39 is 0 Å². The first kappa shape index (κ1) is 10.0. The first-order valence-corrected chi connectivity index (χ1v) is 5.27. The summed E-state index contributed by atoms with van der Waals surface area (Å²) < 4.78 is 0. The number of nitrogens with two attached hydrogens (primary N) is 1. The summed E-state index contributed by atoms with van der Waals surface area (Å²) in [5.41, 5.74) is 5.98. The lowest BCUT2D eigenvalue weighted by molar-refractivity contribution is 0.397. The van der Waals surface area contributed by atoms with Crippen LogP contribution in [-0.2, 0) is 0 Å². The minimum Gasteiger partial charge on any atom is -0.327 e. The summed E-state index contributed by atoms with van der Waals surface area (Å²) in [6, 6.07) is 0.422. The van der Waals surface area contributed by atoms with Crippen molar-refractivity contribution in [2.24, 2.45) is 17.6 Å². The van der Waals surface area contributed by atoms with Crippen molar-refractivity contribution in [3.63, 3.8) is 0 Å². The van der Waals surface area contributed by atoms with Crippen LogP contribution in [0.3, 0.4) is 0 Å². The van der Waals surface area contributed by atoms with Crippen molar-refractivity contribution in [3.8, 4) is 0 Å². The molecule has 1 heteroatoms. The van der Waals surface area contributed by atoms with Gasteiger partial charge in [0.1, 0.15) is 0 Å². The molecule has 1 radical (unpaired) electrons. The maximum Gasteiger partial charge on any atom is 0.00619 e. The maximum absolute atomic E-state index is 5.98. The molecule has 1 fully saturated rings. The van der Waals surface area contributed by atoms with Crippen LogP contribution < -0.4 is 5.73 Å². The predicted molar refractivity (Wildman–Crippen MR) is 53.7 cm³/mol. The Balaban J connectivity index is 2.07. The van der Waals surface area contributed by atoms with Crippen LogP contribution in [0.1, 0.15) is 46.0 Å². The largest absolute Gasteiger partial charge is 0.327 e. The lowest BCUT2D eigenvalue weighted by atomic mass is 9.94. The zero-order valence-corrected chi connectivity index (χ0v) is 8.42. The van der Waals surface area contributed by atoms with E-state index in [1.165, 1.54) is 32.1 Å². The molecule has 71 valence electrons. The Hall–Kier alpha value is -0.0400. The fourth-order valence-electron chi connectivity index (χ4n) is 1.85. The van der Waals surface area contributed by atoms with Crippen molar-refractivity contribution >= 4 is 0 Å². The van der Waals surface area contributed by atoms with E-state index in [0.717, 1.165) is 5.92 Å². The van der Waals surface area contributed by atoms with Gasteiger partial charge in [0.15, 0.2) is 0 Å². The van der Waals surface area contributed by atoms with Gasteiger partial charge in [0.05, 0.1) is 0 Å². The van der Waals surface area contributed by atoms with Crippen LogP contribution >= 0.6 is 0 Å². The molecule has 2 atom stereocenters. The van der Waals surface area contributed by atoms with Crippen molar-refractivity contribution in [1.82, 2.24) is 0 Å². The minimum atomic E-state index is 0.422. The second-order valence-electron chi connectivity index (χ2n) is 4.45. The second kappa shape index (κ2) is 4.86. The summed E-state index contributed by atoms with van der Waals surface area (Å²) in [5, 5.41) is 0. The lowest BCUT2D eigenvalue weighted by Gasteiger charge is -2.17. The Labute approximate surface area is 76.7 Å². The first-order chi connectivity index (χ1) is 5.70. The lowest BCUT2D eigenvalue weighted by Crippen LogP contribution is -2.26. The van der Waals surface area contributed by atoms with E-state index in [4.69, 9.17) is 5.73 Å². The van der Waals surface area contributed by atoms with E-state index in [9.17, 15) is 0 Å². The van der Waals surface area contributed by atoms with Crippen molar-refractivity contribution in [3.05, 3.63) is 6.42 Å². The standard InChI is InChI=1S/C11H22N/c1-9(2)11(12)8-7-10-5-3-4-6-10/h3,9-11H,4-8,12H2,1-2H3. The SMILES string of the molecule is CC(C)C(N)CCC1C[CH]CC1. The monoisotopic (exact) mass is 168 g/mol. The van der Waals surface area contributed by atoms with Gasteiger partial charge in [-0.05, 0) is 43.9 Å². The molecular weight excluding hydrogens is 146 g/mol. The van der Waals surface area contributed by atoms with E-state index >= 15 is 0 Å². The molecule has 2 N–H and O–H groups in total. The third kappa shape index (κ3) is 3.14. The Morgan fingerprint density at radius 2 is 2.25 bits per heavy atom. The highest BCUT2D eigenvalue weighted by atomic mass is 14.6. The molecule has 1 nitrogen and oxygen atoms in total. The van der Waals surface area contributed by atoms with Gasteiger partial charge in [-0.15, -0.1) is 0 Å². The van der Waals surface area contributed by atoms with Gasteiger partial charge in [0.2, 0.25) is 0 Å². The molecule has 0 saturated heterocycles.